The number of thiophene rings is 1. The molecule has 0 aliphatic heterocycles. The van der Waals surface area contributed by atoms with Gasteiger partial charge in [-0.1, -0.05) is 30.3 Å². The van der Waals surface area contributed by atoms with Gasteiger partial charge in [-0.3, -0.25) is 4.79 Å². The summed E-state index contributed by atoms with van der Waals surface area (Å²) < 4.78 is 6.43. The van der Waals surface area contributed by atoms with Gasteiger partial charge in [0.25, 0.3) is 5.91 Å². The molecule has 0 aliphatic carbocycles. The highest BCUT2D eigenvalue weighted by Crippen LogP contribution is 2.37. The normalized spacial score (nSPS) is 10.8. The number of benzene rings is 1. The van der Waals surface area contributed by atoms with E-state index in [0.717, 1.165) is 26.8 Å². The molecule has 2 aromatic heterocycles. The summed E-state index contributed by atoms with van der Waals surface area (Å²) in [5.41, 5.74) is 3.56. The Hall–Kier alpha value is -2.37. The van der Waals surface area contributed by atoms with Gasteiger partial charge >= 0.3 is 0 Å². The van der Waals surface area contributed by atoms with Crippen LogP contribution in [0.15, 0.2) is 31.0 Å². The lowest BCUT2D eigenvalue weighted by Gasteiger charge is -2.15. The molecule has 0 atom stereocenters. The summed E-state index contributed by atoms with van der Waals surface area (Å²) in [6.07, 6.45) is 1.37. The number of pyridine rings is 1. The molecular formula is C20H19ClN2O2S. The largest absolute Gasteiger partial charge is 0.463 e. The third-order valence-corrected chi connectivity index (χ3v) is 5.95. The van der Waals surface area contributed by atoms with E-state index in [1.807, 2.05) is 45.9 Å². The number of aryl methyl sites for hydroxylation is 2. The number of ether oxygens (including phenoxy) is 1. The molecule has 4 nitrogen and oxygen atoms in total. The minimum atomic E-state index is -0.263. The number of nitrogens with zero attached hydrogens (tertiary/aromatic N) is 1. The Morgan fingerprint density at radius 3 is 2.69 bits per heavy atom. The van der Waals surface area contributed by atoms with Crippen molar-refractivity contribution in [2.24, 2.45) is 0 Å². The van der Waals surface area contributed by atoms with Crippen LogP contribution in [0.3, 0.4) is 0 Å². The third kappa shape index (κ3) is 3.20. The fraction of sp³-hybridized carbons (Fsp3) is 0.200. The number of anilines is 1. The predicted octanol–water partition coefficient (Wildman–Crippen LogP) is 5.96. The van der Waals surface area contributed by atoms with Crippen molar-refractivity contribution in [3.63, 3.8) is 0 Å². The number of aromatic nitrogens is 1. The molecule has 3 aromatic rings. The molecule has 0 bridgehead atoms. The van der Waals surface area contributed by atoms with Gasteiger partial charge in [-0.15, -0.1) is 11.3 Å². The molecule has 0 saturated carbocycles. The van der Waals surface area contributed by atoms with Gasteiger partial charge in [-0.2, -0.15) is 0 Å². The van der Waals surface area contributed by atoms with Crippen LogP contribution in [-0.2, 0) is 0 Å². The average molecular weight is 387 g/mol. The highest BCUT2D eigenvalue weighted by atomic mass is 35.5. The molecule has 0 radical (unpaired) electrons. The van der Waals surface area contributed by atoms with E-state index >= 15 is 0 Å². The molecule has 6 heteroatoms. The molecule has 0 fully saturated rings. The number of amides is 1. The number of nitrogens with one attached hydrogen (secondary N) is 1. The number of halogens is 1. The first-order valence-corrected chi connectivity index (χ1v) is 9.28. The molecule has 3 rings (SSSR count). The summed E-state index contributed by atoms with van der Waals surface area (Å²) >= 11 is 7.82. The SMILES string of the molecule is C=COc1c(C)nc(NC(=O)c2sc3cc(C)ccc3c2Cl)c(C)c1C. The van der Waals surface area contributed by atoms with Gasteiger partial charge in [0, 0.05) is 15.6 Å². The maximum absolute atomic E-state index is 12.8. The smallest absolute Gasteiger partial charge is 0.268 e. The Balaban J connectivity index is 1.98. The lowest BCUT2D eigenvalue weighted by Crippen LogP contribution is -2.14. The zero-order valence-corrected chi connectivity index (χ0v) is 16.6. The Kier molecular flexibility index (Phi) is 5.03. The first-order valence-electron chi connectivity index (χ1n) is 8.08. The van der Waals surface area contributed by atoms with E-state index in [1.54, 1.807) is 0 Å². The second kappa shape index (κ2) is 7.09. The van der Waals surface area contributed by atoms with Gasteiger partial charge in [-0.25, -0.2) is 4.98 Å². The molecule has 1 aromatic carbocycles. The Labute approximate surface area is 161 Å². The van der Waals surface area contributed by atoms with Crippen molar-refractivity contribution in [3.05, 3.63) is 63.3 Å². The van der Waals surface area contributed by atoms with Crippen LogP contribution in [0.4, 0.5) is 5.82 Å². The summed E-state index contributed by atoms with van der Waals surface area (Å²) in [7, 11) is 0. The monoisotopic (exact) mass is 386 g/mol. The minimum absolute atomic E-state index is 0.263. The summed E-state index contributed by atoms with van der Waals surface area (Å²) in [5.74, 6) is 0.901. The van der Waals surface area contributed by atoms with Gasteiger partial charge in [0.1, 0.15) is 10.7 Å². The van der Waals surface area contributed by atoms with Crippen LogP contribution in [0, 0.1) is 27.7 Å². The van der Waals surface area contributed by atoms with E-state index in [9.17, 15) is 4.79 Å². The zero-order valence-electron chi connectivity index (χ0n) is 15.1. The van der Waals surface area contributed by atoms with Crippen molar-refractivity contribution in [1.82, 2.24) is 4.98 Å². The number of carbonyl (C=O) groups excluding carboxylic acids is 1. The van der Waals surface area contributed by atoms with Gasteiger partial charge in [0.05, 0.1) is 17.0 Å². The number of carbonyl (C=O) groups is 1. The summed E-state index contributed by atoms with van der Waals surface area (Å²) in [4.78, 5) is 17.8. The van der Waals surface area contributed by atoms with Crippen molar-refractivity contribution in [1.29, 1.82) is 0 Å². The first kappa shape index (κ1) is 18.4. The molecule has 0 saturated heterocycles. The molecule has 26 heavy (non-hydrogen) atoms. The quantitative estimate of drug-likeness (QED) is 0.563. The highest BCUT2D eigenvalue weighted by molar-refractivity contribution is 7.21. The summed E-state index contributed by atoms with van der Waals surface area (Å²) in [5, 5.41) is 4.25. The summed E-state index contributed by atoms with van der Waals surface area (Å²) in [6.45, 7) is 11.2. The minimum Gasteiger partial charge on any atom is -0.463 e. The van der Waals surface area contributed by atoms with Crippen LogP contribution in [0.2, 0.25) is 5.02 Å². The fourth-order valence-corrected chi connectivity index (χ4v) is 4.29. The van der Waals surface area contributed by atoms with Crippen LogP contribution in [0.25, 0.3) is 10.1 Å². The molecule has 0 aliphatic rings. The Morgan fingerprint density at radius 1 is 1.27 bits per heavy atom. The summed E-state index contributed by atoms with van der Waals surface area (Å²) in [6, 6.07) is 5.96. The van der Waals surface area contributed by atoms with E-state index in [2.05, 4.69) is 16.9 Å². The van der Waals surface area contributed by atoms with Gasteiger partial charge in [0.15, 0.2) is 5.75 Å². The number of hydrogen-bond acceptors (Lipinski definition) is 4. The van der Waals surface area contributed by atoms with Crippen LogP contribution in [0.5, 0.6) is 5.75 Å². The van der Waals surface area contributed by atoms with Crippen molar-refractivity contribution in [3.8, 4) is 5.75 Å². The van der Waals surface area contributed by atoms with Gasteiger partial charge in [-0.05, 0) is 44.9 Å². The van der Waals surface area contributed by atoms with E-state index in [0.29, 0.717) is 27.2 Å². The number of fused-ring (bicyclic) bond motifs is 1. The topological polar surface area (TPSA) is 51.2 Å². The van der Waals surface area contributed by atoms with Crippen molar-refractivity contribution in [2.45, 2.75) is 27.7 Å². The lowest BCUT2D eigenvalue weighted by atomic mass is 10.1. The molecule has 0 spiro atoms. The molecule has 1 N–H and O–H groups in total. The first-order chi connectivity index (χ1) is 12.3. The molecular weight excluding hydrogens is 368 g/mol. The van der Waals surface area contributed by atoms with Crippen molar-refractivity contribution >= 4 is 44.7 Å². The van der Waals surface area contributed by atoms with E-state index < -0.39 is 0 Å². The van der Waals surface area contributed by atoms with E-state index in [1.165, 1.54) is 17.6 Å². The van der Waals surface area contributed by atoms with Gasteiger partial charge < -0.3 is 10.1 Å². The highest BCUT2D eigenvalue weighted by Gasteiger charge is 2.20. The second-order valence-electron chi connectivity index (χ2n) is 6.11. The third-order valence-electron chi connectivity index (χ3n) is 4.29. The van der Waals surface area contributed by atoms with Gasteiger partial charge in [0.2, 0.25) is 0 Å². The number of rotatable bonds is 4. The second-order valence-corrected chi connectivity index (χ2v) is 7.54. The van der Waals surface area contributed by atoms with Crippen LogP contribution >= 0.6 is 22.9 Å². The van der Waals surface area contributed by atoms with E-state index in [4.69, 9.17) is 16.3 Å². The van der Waals surface area contributed by atoms with Crippen molar-refractivity contribution in [2.75, 3.05) is 5.32 Å². The number of hydrogen-bond donors (Lipinski definition) is 1. The molecule has 0 unspecified atom stereocenters. The fourth-order valence-electron chi connectivity index (χ4n) is 2.78. The van der Waals surface area contributed by atoms with Crippen molar-refractivity contribution < 1.29 is 9.53 Å². The molecule has 1 amide bonds. The zero-order chi connectivity index (χ0) is 19.0. The van der Waals surface area contributed by atoms with E-state index in [-0.39, 0.29) is 5.91 Å². The standard InChI is InChI=1S/C20H19ClN2O2S/c1-6-25-17-11(3)12(4)19(22-13(17)5)23-20(24)18-16(21)14-8-7-10(2)9-15(14)26-18/h6-9H,1H2,2-5H3,(H,22,23,24). The maximum Gasteiger partial charge on any atom is 0.268 e. The maximum atomic E-state index is 12.8. The Bertz CT molecular complexity index is 1040. The molecule has 2 heterocycles. The molecule has 134 valence electrons. The van der Waals surface area contributed by atoms with Crippen LogP contribution < -0.4 is 10.1 Å². The Morgan fingerprint density at radius 2 is 2.00 bits per heavy atom. The average Bonchev–Trinajstić information content (AvgIpc) is 2.92. The predicted molar refractivity (Wildman–Crippen MR) is 109 cm³/mol. The van der Waals surface area contributed by atoms with Crippen LogP contribution in [-0.4, -0.2) is 10.9 Å². The lowest BCUT2D eigenvalue weighted by molar-refractivity contribution is 0.103. The van der Waals surface area contributed by atoms with Crippen LogP contribution in [0.1, 0.15) is 32.1 Å².